The number of nitrogen functional groups attached to an aromatic ring is 1. The quantitative estimate of drug-likeness (QED) is 0.0527. The second-order valence-corrected chi connectivity index (χ2v) is 12.5. The summed E-state index contributed by atoms with van der Waals surface area (Å²) in [6, 6.07) is 11.1. The fourth-order valence-corrected chi connectivity index (χ4v) is 5.56. The standard InChI is InChI=1S/C39H56N4O14/c40-30-4-6-31(7-5-30)57-29-28-56-27-26-55-25-24-54-23-22-53-21-20-52-19-18-51-17-16-50-15-14-49-13-12-48-11-10-41-33-3-1-2-32-36(33)39(47)43(38(32)46)34-8-9-35(44)42-37(34)45/h1-7,34,41H,8-29,40H2,(H,42,44,45). The number of hydrogen-bond donors (Lipinski definition) is 3. The lowest BCUT2D eigenvalue weighted by molar-refractivity contribution is -0.136. The van der Waals surface area contributed by atoms with E-state index in [-0.39, 0.29) is 24.0 Å². The molecule has 0 aromatic heterocycles. The molecule has 2 aliphatic heterocycles. The van der Waals surface area contributed by atoms with Crippen molar-refractivity contribution in [2.75, 3.05) is 143 Å². The topological polar surface area (TPSA) is 214 Å². The van der Waals surface area contributed by atoms with Crippen LogP contribution in [0.2, 0.25) is 0 Å². The Morgan fingerprint density at radius 1 is 0.579 bits per heavy atom. The van der Waals surface area contributed by atoms with Crippen molar-refractivity contribution < 1.29 is 66.5 Å². The van der Waals surface area contributed by atoms with E-state index in [0.717, 1.165) is 10.6 Å². The van der Waals surface area contributed by atoms with Crippen molar-refractivity contribution in [3.63, 3.8) is 0 Å². The Hall–Kier alpha value is -4.24. The van der Waals surface area contributed by atoms with E-state index >= 15 is 0 Å². The van der Waals surface area contributed by atoms with Gasteiger partial charge in [-0.1, -0.05) is 6.07 Å². The number of fused-ring (bicyclic) bond motifs is 1. The predicted molar refractivity (Wildman–Crippen MR) is 205 cm³/mol. The number of nitrogens with one attached hydrogen (secondary N) is 2. The van der Waals surface area contributed by atoms with Gasteiger partial charge < -0.3 is 58.4 Å². The molecule has 0 bridgehead atoms. The van der Waals surface area contributed by atoms with Gasteiger partial charge in [-0.15, -0.1) is 0 Å². The first-order valence-electron chi connectivity index (χ1n) is 19.2. The van der Waals surface area contributed by atoms with Crippen molar-refractivity contribution in [3.05, 3.63) is 53.6 Å². The Kier molecular flexibility index (Phi) is 21.9. The lowest BCUT2D eigenvalue weighted by Crippen LogP contribution is -2.54. The molecule has 4 rings (SSSR count). The molecule has 1 unspecified atom stereocenters. The van der Waals surface area contributed by atoms with Gasteiger partial charge in [0.15, 0.2) is 0 Å². The molecule has 1 fully saturated rings. The van der Waals surface area contributed by atoms with E-state index in [1.807, 2.05) is 12.1 Å². The molecule has 2 aromatic carbocycles. The molecule has 1 saturated heterocycles. The molecule has 0 spiro atoms. The van der Waals surface area contributed by atoms with Crippen LogP contribution >= 0.6 is 0 Å². The maximum atomic E-state index is 13.2. The smallest absolute Gasteiger partial charge is 0.264 e. The minimum absolute atomic E-state index is 0.0644. The Morgan fingerprint density at radius 2 is 1.04 bits per heavy atom. The van der Waals surface area contributed by atoms with Crippen LogP contribution in [-0.2, 0) is 52.2 Å². The highest BCUT2D eigenvalue weighted by Gasteiger charge is 2.45. The number of nitrogens with zero attached hydrogens (tertiary/aromatic N) is 1. The molecule has 2 aromatic rings. The number of piperidine rings is 1. The van der Waals surface area contributed by atoms with Crippen molar-refractivity contribution in [3.8, 4) is 5.75 Å². The maximum Gasteiger partial charge on any atom is 0.264 e. The molecule has 2 heterocycles. The number of carbonyl (C=O) groups is 4. The van der Waals surface area contributed by atoms with Gasteiger partial charge in [0, 0.05) is 24.3 Å². The summed E-state index contributed by atoms with van der Waals surface area (Å²) >= 11 is 0. The molecule has 316 valence electrons. The largest absolute Gasteiger partial charge is 0.491 e. The summed E-state index contributed by atoms with van der Waals surface area (Å²) in [6.45, 7) is 8.91. The first-order valence-corrected chi connectivity index (χ1v) is 19.2. The Balaban J connectivity index is 0.834. The van der Waals surface area contributed by atoms with Crippen molar-refractivity contribution in [2.45, 2.75) is 18.9 Å². The molecule has 2 aliphatic rings. The summed E-state index contributed by atoms with van der Waals surface area (Å²) in [5, 5.41) is 5.33. The number of nitrogens with two attached hydrogens (primary N) is 1. The van der Waals surface area contributed by atoms with Crippen LogP contribution in [0.4, 0.5) is 11.4 Å². The number of carbonyl (C=O) groups excluding carboxylic acids is 4. The Bertz CT molecular complexity index is 1500. The Labute approximate surface area is 332 Å². The third-order valence-corrected chi connectivity index (χ3v) is 8.38. The fourth-order valence-electron chi connectivity index (χ4n) is 5.56. The SMILES string of the molecule is Nc1ccc(OCCOCCOCCOCCOCCOCCOCCOCCOCCOCCNc2cccc3c2C(=O)N(C2CCC(=O)NC2=O)C3=O)cc1. The van der Waals surface area contributed by atoms with Crippen molar-refractivity contribution in [1.29, 1.82) is 0 Å². The van der Waals surface area contributed by atoms with Gasteiger partial charge in [-0.25, -0.2) is 0 Å². The van der Waals surface area contributed by atoms with E-state index in [9.17, 15) is 19.2 Å². The molecular weight excluding hydrogens is 748 g/mol. The van der Waals surface area contributed by atoms with Gasteiger partial charge in [-0.2, -0.15) is 0 Å². The van der Waals surface area contributed by atoms with Gasteiger partial charge >= 0.3 is 0 Å². The third kappa shape index (κ3) is 17.0. The van der Waals surface area contributed by atoms with Crippen LogP contribution in [-0.4, -0.2) is 167 Å². The second-order valence-electron chi connectivity index (χ2n) is 12.5. The highest BCUT2D eigenvalue weighted by Crippen LogP contribution is 2.32. The zero-order valence-electron chi connectivity index (χ0n) is 32.4. The van der Waals surface area contributed by atoms with E-state index in [4.69, 9.17) is 53.1 Å². The number of hydrogen-bond acceptors (Lipinski definition) is 16. The minimum atomic E-state index is -1.01. The molecule has 4 amide bonds. The lowest BCUT2D eigenvalue weighted by atomic mass is 10.0. The minimum Gasteiger partial charge on any atom is -0.491 e. The molecule has 18 heteroatoms. The van der Waals surface area contributed by atoms with E-state index in [1.165, 1.54) is 0 Å². The molecule has 0 radical (unpaired) electrons. The molecular formula is C39H56N4O14. The van der Waals surface area contributed by atoms with Crippen molar-refractivity contribution >= 4 is 35.0 Å². The van der Waals surface area contributed by atoms with Gasteiger partial charge in [-0.05, 0) is 42.8 Å². The monoisotopic (exact) mass is 804 g/mol. The second kappa shape index (κ2) is 27.4. The van der Waals surface area contributed by atoms with E-state index in [2.05, 4.69) is 10.6 Å². The first kappa shape index (κ1) is 45.5. The molecule has 0 aliphatic carbocycles. The highest BCUT2D eigenvalue weighted by atomic mass is 16.6. The lowest BCUT2D eigenvalue weighted by Gasteiger charge is -2.27. The van der Waals surface area contributed by atoms with Gasteiger partial charge in [0.25, 0.3) is 11.8 Å². The zero-order chi connectivity index (χ0) is 40.3. The number of anilines is 2. The molecule has 0 saturated carbocycles. The summed E-state index contributed by atoms with van der Waals surface area (Å²) in [4.78, 5) is 50.9. The van der Waals surface area contributed by atoms with Crippen molar-refractivity contribution in [1.82, 2.24) is 10.2 Å². The maximum absolute atomic E-state index is 13.2. The van der Waals surface area contributed by atoms with Gasteiger partial charge in [0.05, 0.1) is 130 Å². The molecule has 4 N–H and O–H groups in total. The average Bonchev–Trinajstić information content (AvgIpc) is 3.46. The van der Waals surface area contributed by atoms with E-state index in [1.54, 1.807) is 30.3 Å². The summed E-state index contributed by atoms with van der Waals surface area (Å²) < 4.78 is 55.1. The van der Waals surface area contributed by atoms with Gasteiger partial charge in [0.2, 0.25) is 11.8 Å². The number of imide groups is 2. The third-order valence-electron chi connectivity index (χ3n) is 8.38. The molecule has 1 atom stereocenters. The first-order chi connectivity index (χ1) is 28.0. The number of rotatable bonds is 33. The number of amides is 4. The van der Waals surface area contributed by atoms with Crippen LogP contribution in [0.1, 0.15) is 33.6 Å². The average molecular weight is 805 g/mol. The fraction of sp³-hybridized carbons (Fsp3) is 0.590. The normalized spacial score (nSPS) is 15.3. The van der Waals surface area contributed by atoms with Crippen LogP contribution in [0, 0.1) is 0 Å². The van der Waals surface area contributed by atoms with Crippen LogP contribution < -0.4 is 21.1 Å². The Morgan fingerprint density at radius 3 is 1.51 bits per heavy atom. The summed E-state index contributed by atoms with van der Waals surface area (Å²) in [5.74, 6) is -1.41. The van der Waals surface area contributed by atoms with Crippen LogP contribution in [0.3, 0.4) is 0 Å². The predicted octanol–water partition coefficient (Wildman–Crippen LogP) is 1.31. The van der Waals surface area contributed by atoms with E-state index < -0.39 is 29.7 Å². The summed E-state index contributed by atoms with van der Waals surface area (Å²) in [5.41, 5.74) is 7.25. The number of benzene rings is 2. The van der Waals surface area contributed by atoms with E-state index in [0.29, 0.717) is 143 Å². The summed E-state index contributed by atoms with van der Waals surface area (Å²) in [6.07, 6.45) is 0.167. The van der Waals surface area contributed by atoms with Crippen LogP contribution in [0.5, 0.6) is 5.75 Å². The van der Waals surface area contributed by atoms with Gasteiger partial charge in [-0.3, -0.25) is 29.4 Å². The molecule has 57 heavy (non-hydrogen) atoms. The van der Waals surface area contributed by atoms with Crippen LogP contribution in [0.25, 0.3) is 0 Å². The highest BCUT2D eigenvalue weighted by molar-refractivity contribution is 6.25. The van der Waals surface area contributed by atoms with Crippen LogP contribution in [0.15, 0.2) is 42.5 Å². The zero-order valence-corrected chi connectivity index (χ0v) is 32.4. The number of ether oxygens (including phenoxy) is 10. The van der Waals surface area contributed by atoms with Gasteiger partial charge in [0.1, 0.15) is 18.4 Å². The van der Waals surface area contributed by atoms with Crippen molar-refractivity contribution in [2.24, 2.45) is 0 Å². The molecule has 18 nitrogen and oxygen atoms in total. The summed E-state index contributed by atoms with van der Waals surface area (Å²) in [7, 11) is 0.